The van der Waals surface area contributed by atoms with E-state index in [0.29, 0.717) is 17.7 Å². The van der Waals surface area contributed by atoms with E-state index in [2.05, 4.69) is 6.92 Å². The van der Waals surface area contributed by atoms with Crippen LogP contribution >= 0.6 is 0 Å². The van der Waals surface area contributed by atoms with Crippen molar-refractivity contribution in [2.24, 2.45) is 0 Å². The largest absolute Gasteiger partial charge is 0.507 e. The van der Waals surface area contributed by atoms with E-state index in [4.69, 9.17) is 0 Å². The second kappa shape index (κ2) is 7.35. The molecule has 1 aromatic carbocycles. The summed E-state index contributed by atoms with van der Waals surface area (Å²) in [6, 6.07) is 3.66. The highest BCUT2D eigenvalue weighted by atomic mass is 16.4. The Bertz CT molecular complexity index is 559. The number of benzene rings is 1. The molecule has 0 heterocycles. The Balaban J connectivity index is 2.53. The summed E-state index contributed by atoms with van der Waals surface area (Å²) in [6.07, 6.45) is 6.39. The third-order valence-corrected chi connectivity index (χ3v) is 5.32. The number of phenols is 1. The summed E-state index contributed by atoms with van der Waals surface area (Å²) in [7, 11) is 0. The molecule has 1 aromatic rings. The molecule has 4 heteroatoms. The molecule has 1 saturated carbocycles. The lowest BCUT2D eigenvalue weighted by Gasteiger charge is -2.35. The van der Waals surface area contributed by atoms with Gasteiger partial charge in [-0.2, -0.15) is 0 Å². The van der Waals surface area contributed by atoms with Gasteiger partial charge in [0.25, 0.3) is 0 Å². The van der Waals surface area contributed by atoms with Gasteiger partial charge in [-0.15, -0.1) is 0 Å². The highest BCUT2D eigenvalue weighted by Crippen LogP contribution is 2.45. The van der Waals surface area contributed by atoms with E-state index in [-0.39, 0.29) is 18.4 Å². The van der Waals surface area contributed by atoms with Crippen LogP contribution in [0.1, 0.15) is 75.0 Å². The van der Waals surface area contributed by atoms with Crippen LogP contribution in [0.4, 0.5) is 0 Å². The number of hydrogen-bond donors (Lipinski definition) is 3. The van der Waals surface area contributed by atoms with Crippen LogP contribution in [0.25, 0.3) is 0 Å². The molecule has 4 nitrogen and oxygen atoms in total. The number of aliphatic hydroxyl groups excluding tert-OH is 1. The molecular formula is C19H28O4. The normalized spacial score (nSPS) is 18.6. The molecule has 128 valence electrons. The molecule has 1 aliphatic carbocycles. The van der Waals surface area contributed by atoms with Gasteiger partial charge < -0.3 is 15.3 Å². The fourth-order valence-corrected chi connectivity index (χ4v) is 3.81. The predicted molar refractivity (Wildman–Crippen MR) is 90.0 cm³/mol. The van der Waals surface area contributed by atoms with Crippen LogP contribution in [0.15, 0.2) is 12.1 Å². The van der Waals surface area contributed by atoms with Crippen LogP contribution in [0, 0.1) is 0 Å². The molecule has 0 spiro atoms. The zero-order chi connectivity index (χ0) is 17.0. The second-order valence-electron chi connectivity index (χ2n) is 6.95. The maximum Gasteiger partial charge on any atom is 0.311 e. The summed E-state index contributed by atoms with van der Waals surface area (Å²) >= 11 is 0. The lowest BCUT2D eigenvalue weighted by Crippen LogP contribution is -2.26. The highest BCUT2D eigenvalue weighted by molar-refractivity contribution is 5.76. The number of carbonyl (C=O) groups is 1. The molecule has 0 aliphatic heterocycles. The number of rotatable bonds is 6. The van der Waals surface area contributed by atoms with E-state index in [1.54, 1.807) is 6.07 Å². The average Bonchev–Trinajstić information content (AvgIpc) is 2.53. The van der Waals surface area contributed by atoms with E-state index in [1.807, 2.05) is 13.0 Å². The van der Waals surface area contributed by atoms with Crippen molar-refractivity contribution in [3.63, 3.8) is 0 Å². The number of aliphatic carboxylic acids is 1. The molecule has 23 heavy (non-hydrogen) atoms. The van der Waals surface area contributed by atoms with E-state index in [0.717, 1.165) is 36.8 Å². The van der Waals surface area contributed by atoms with Gasteiger partial charge in [-0.3, -0.25) is 4.79 Å². The Morgan fingerprint density at radius 1 is 1.26 bits per heavy atom. The SMILES string of the molecule is CCc1cc(C(CCO)C(=O)O)cc(C2(C)CCCCC2)c1O. The fraction of sp³-hybridized carbons (Fsp3) is 0.632. The molecule has 1 aliphatic rings. The molecule has 0 bridgehead atoms. The lowest BCUT2D eigenvalue weighted by atomic mass is 9.69. The summed E-state index contributed by atoms with van der Waals surface area (Å²) in [6.45, 7) is 3.98. The Morgan fingerprint density at radius 3 is 2.43 bits per heavy atom. The molecule has 2 rings (SSSR count). The van der Waals surface area contributed by atoms with Crippen molar-refractivity contribution in [1.29, 1.82) is 0 Å². The minimum absolute atomic E-state index is 0.0927. The lowest BCUT2D eigenvalue weighted by molar-refractivity contribution is -0.139. The van der Waals surface area contributed by atoms with Gasteiger partial charge in [0, 0.05) is 12.2 Å². The van der Waals surface area contributed by atoms with Crippen molar-refractivity contribution in [1.82, 2.24) is 0 Å². The molecule has 3 N–H and O–H groups in total. The van der Waals surface area contributed by atoms with Crippen molar-refractivity contribution >= 4 is 5.97 Å². The summed E-state index contributed by atoms with van der Waals surface area (Å²) in [4.78, 5) is 11.6. The van der Waals surface area contributed by atoms with Crippen LogP contribution in [0.5, 0.6) is 5.75 Å². The Kier molecular flexibility index (Phi) is 5.69. The third kappa shape index (κ3) is 3.69. The number of aryl methyl sites for hydroxylation is 1. The van der Waals surface area contributed by atoms with E-state index in [1.165, 1.54) is 6.42 Å². The van der Waals surface area contributed by atoms with Gasteiger partial charge in [0.1, 0.15) is 5.75 Å². The molecule has 0 amide bonds. The standard InChI is InChI=1S/C19H28O4/c1-3-13-11-14(15(7-10-20)18(22)23)12-16(17(13)21)19(2)8-5-4-6-9-19/h11-12,15,20-21H,3-10H2,1-2H3,(H,22,23). The first-order valence-corrected chi connectivity index (χ1v) is 8.63. The number of carboxylic acid groups (broad SMARTS) is 1. The monoisotopic (exact) mass is 320 g/mol. The predicted octanol–water partition coefficient (Wildman–Crippen LogP) is 3.73. The fourth-order valence-electron chi connectivity index (χ4n) is 3.81. The zero-order valence-corrected chi connectivity index (χ0v) is 14.1. The number of aliphatic hydroxyl groups is 1. The minimum Gasteiger partial charge on any atom is -0.507 e. The summed E-state index contributed by atoms with van der Waals surface area (Å²) in [5.41, 5.74) is 2.29. The first-order valence-electron chi connectivity index (χ1n) is 8.63. The van der Waals surface area contributed by atoms with Crippen LogP contribution in [-0.4, -0.2) is 27.9 Å². The van der Waals surface area contributed by atoms with Crippen molar-refractivity contribution in [3.05, 3.63) is 28.8 Å². The van der Waals surface area contributed by atoms with Gasteiger partial charge >= 0.3 is 5.97 Å². The van der Waals surface area contributed by atoms with Crippen LogP contribution < -0.4 is 0 Å². The van der Waals surface area contributed by atoms with Crippen molar-refractivity contribution in [3.8, 4) is 5.75 Å². The second-order valence-corrected chi connectivity index (χ2v) is 6.95. The summed E-state index contributed by atoms with van der Waals surface area (Å²) in [5.74, 6) is -1.32. The van der Waals surface area contributed by atoms with Gasteiger partial charge in [-0.05, 0) is 42.2 Å². The Labute approximate surface area is 138 Å². The molecule has 1 atom stereocenters. The van der Waals surface area contributed by atoms with Crippen molar-refractivity contribution in [2.75, 3.05) is 6.61 Å². The Morgan fingerprint density at radius 2 is 1.91 bits per heavy atom. The van der Waals surface area contributed by atoms with Crippen LogP contribution in [0.2, 0.25) is 0 Å². The molecule has 0 radical (unpaired) electrons. The van der Waals surface area contributed by atoms with E-state index < -0.39 is 11.9 Å². The number of aromatic hydroxyl groups is 1. The quantitative estimate of drug-likeness (QED) is 0.746. The number of carboxylic acids is 1. The smallest absolute Gasteiger partial charge is 0.311 e. The van der Waals surface area contributed by atoms with E-state index >= 15 is 0 Å². The average molecular weight is 320 g/mol. The summed E-state index contributed by atoms with van der Waals surface area (Å²) in [5, 5.41) is 29.4. The first kappa shape index (κ1) is 17.8. The first-order chi connectivity index (χ1) is 10.9. The topological polar surface area (TPSA) is 77.8 Å². The van der Waals surface area contributed by atoms with Gasteiger partial charge in [0.15, 0.2) is 0 Å². The summed E-state index contributed by atoms with van der Waals surface area (Å²) < 4.78 is 0. The minimum atomic E-state index is -0.924. The van der Waals surface area contributed by atoms with Gasteiger partial charge in [-0.25, -0.2) is 0 Å². The third-order valence-electron chi connectivity index (χ3n) is 5.32. The molecule has 1 unspecified atom stereocenters. The van der Waals surface area contributed by atoms with Gasteiger partial charge in [0.2, 0.25) is 0 Å². The van der Waals surface area contributed by atoms with E-state index in [9.17, 15) is 20.1 Å². The zero-order valence-electron chi connectivity index (χ0n) is 14.1. The van der Waals surface area contributed by atoms with Gasteiger partial charge in [0.05, 0.1) is 5.92 Å². The van der Waals surface area contributed by atoms with Crippen LogP contribution in [0.3, 0.4) is 0 Å². The van der Waals surface area contributed by atoms with Crippen molar-refractivity contribution in [2.45, 2.75) is 70.1 Å². The van der Waals surface area contributed by atoms with Crippen molar-refractivity contribution < 1.29 is 20.1 Å². The maximum atomic E-state index is 11.6. The maximum absolute atomic E-state index is 11.6. The van der Waals surface area contributed by atoms with Crippen LogP contribution in [-0.2, 0) is 16.6 Å². The molecular weight excluding hydrogens is 292 g/mol. The molecule has 0 aromatic heterocycles. The number of phenolic OH excluding ortho intramolecular Hbond substituents is 1. The molecule has 1 fully saturated rings. The van der Waals surface area contributed by atoms with Gasteiger partial charge in [-0.1, -0.05) is 45.2 Å². The molecule has 0 saturated heterocycles. The number of hydrogen-bond acceptors (Lipinski definition) is 3. The highest BCUT2D eigenvalue weighted by Gasteiger charge is 2.33. The Hall–Kier alpha value is -1.55.